The summed E-state index contributed by atoms with van der Waals surface area (Å²) in [5.74, 6) is 0. The van der Waals surface area contributed by atoms with Crippen LogP contribution in [0, 0.1) is 0 Å². The lowest BCUT2D eigenvalue weighted by molar-refractivity contribution is -0.0124. The van der Waals surface area contributed by atoms with Gasteiger partial charge in [-0.1, -0.05) is 37.3 Å². The van der Waals surface area contributed by atoms with Gasteiger partial charge in [0.2, 0.25) is 0 Å². The van der Waals surface area contributed by atoms with Crippen LogP contribution in [0.1, 0.15) is 38.8 Å². The van der Waals surface area contributed by atoms with E-state index in [2.05, 4.69) is 50.4 Å². The number of rotatable bonds is 9. The van der Waals surface area contributed by atoms with E-state index in [1.165, 1.54) is 5.56 Å². The first-order valence-electron chi connectivity index (χ1n) is 7.00. The van der Waals surface area contributed by atoms with Crippen molar-refractivity contribution in [2.24, 2.45) is 0 Å². The number of nitrogens with one attached hydrogen (secondary N) is 1. The summed E-state index contributed by atoms with van der Waals surface area (Å²) in [6.07, 6.45) is 0.900. The lowest BCUT2D eigenvalue weighted by atomic mass is 10.1. The van der Waals surface area contributed by atoms with Crippen LogP contribution in [0.3, 0.4) is 0 Å². The molecule has 1 aromatic rings. The van der Waals surface area contributed by atoms with Crippen molar-refractivity contribution in [3.05, 3.63) is 35.9 Å². The van der Waals surface area contributed by atoms with Crippen LogP contribution < -0.4 is 5.32 Å². The molecule has 0 bridgehead atoms. The van der Waals surface area contributed by atoms with Gasteiger partial charge in [-0.15, -0.1) is 0 Å². The topological polar surface area (TPSA) is 30.5 Å². The van der Waals surface area contributed by atoms with E-state index in [0.29, 0.717) is 6.61 Å². The van der Waals surface area contributed by atoms with Gasteiger partial charge in [0.25, 0.3) is 0 Å². The molecule has 19 heavy (non-hydrogen) atoms. The Hall–Kier alpha value is -0.900. The second-order valence-corrected chi connectivity index (χ2v) is 5.31. The van der Waals surface area contributed by atoms with Gasteiger partial charge in [-0.2, -0.15) is 0 Å². The smallest absolute Gasteiger partial charge is 0.0661 e. The Morgan fingerprint density at radius 2 is 1.89 bits per heavy atom. The van der Waals surface area contributed by atoms with Gasteiger partial charge in [-0.05, 0) is 32.4 Å². The highest BCUT2D eigenvalue weighted by Gasteiger charge is 2.16. The van der Waals surface area contributed by atoms with E-state index in [9.17, 15) is 0 Å². The maximum atomic E-state index is 5.80. The number of likely N-dealkylation sites (N-methyl/N-ethyl adjacent to an activating group) is 1. The number of methoxy groups -OCH3 is 1. The zero-order valence-corrected chi connectivity index (χ0v) is 12.6. The molecule has 0 aliphatic heterocycles. The number of ether oxygens (including phenoxy) is 2. The molecule has 1 unspecified atom stereocenters. The Morgan fingerprint density at radius 1 is 1.21 bits per heavy atom. The van der Waals surface area contributed by atoms with Gasteiger partial charge in [0.05, 0.1) is 18.2 Å². The number of hydrogen-bond acceptors (Lipinski definition) is 3. The van der Waals surface area contributed by atoms with Crippen LogP contribution in [0.2, 0.25) is 0 Å². The van der Waals surface area contributed by atoms with Crippen molar-refractivity contribution in [1.29, 1.82) is 0 Å². The minimum atomic E-state index is -0.111. The van der Waals surface area contributed by atoms with E-state index in [4.69, 9.17) is 9.47 Å². The Labute approximate surface area is 117 Å². The highest BCUT2D eigenvalue weighted by Crippen LogP contribution is 2.15. The maximum absolute atomic E-state index is 5.80. The third-order valence-electron chi connectivity index (χ3n) is 3.34. The summed E-state index contributed by atoms with van der Waals surface area (Å²) in [5, 5.41) is 3.45. The molecule has 0 aromatic heterocycles. The molecule has 1 atom stereocenters. The molecule has 0 radical (unpaired) electrons. The monoisotopic (exact) mass is 265 g/mol. The average molecular weight is 265 g/mol. The third-order valence-corrected chi connectivity index (χ3v) is 3.34. The lowest BCUT2D eigenvalue weighted by Gasteiger charge is -2.24. The van der Waals surface area contributed by atoms with Crippen LogP contribution in [0.4, 0.5) is 0 Å². The van der Waals surface area contributed by atoms with E-state index < -0.39 is 0 Å². The van der Waals surface area contributed by atoms with Crippen LogP contribution in [0.5, 0.6) is 0 Å². The highest BCUT2D eigenvalue weighted by atomic mass is 16.5. The predicted molar refractivity (Wildman–Crippen MR) is 79.4 cm³/mol. The zero-order chi connectivity index (χ0) is 14.1. The molecule has 0 saturated heterocycles. The van der Waals surface area contributed by atoms with Crippen LogP contribution in [0.25, 0.3) is 0 Å². The summed E-state index contributed by atoms with van der Waals surface area (Å²) in [7, 11) is 1.74. The molecule has 0 saturated carbocycles. The van der Waals surface area contributed by atoms with Crippen molar-refractivity contribution in [2.75, 3.05) is 26.9 Å². The molecule has 108 valence electrons. The summed E-state index contributed by atoms with van der Waals surface area (Å²) in [6.45, 7) is 8.62. The second-order valence-electron chi connectivity index (χ2n) is 5.31. The highest BCUT2D eigenvalue weighted by molar-refractivity contribution is 5.18. The lowest BCUT2D eigenvalue weighted by Crippen LogP contribution is -2.28. The van der Waals surface area contributed by atoms with Gasteiger partial charge in [0, 0.05) is 13.7 Å². The third kappa shape index (κ3) is 6.19. The van der Waals surface area contributed by atoms with Crippen molar-refractivity contribution < 1.29 is 9.47 Å². The zero-order valence-electron chi connectivity index (χ0n) is 12.6. The molecule has 0 aliphatic rings. The SMILES string of the molecule is CCNC(COCCC(C)(C)OC)c1ccccc1. The van der Waals surface area contributed by atoms with Crippen molar-refractivity contribution in [3.8, 4) is 0 Å². The molecule has 0 aliphatic carbocycles. The van der Waals surface area contributed by atoms with Crippen molar-refractivity contribution in [3.63, 3.8) is 0 Å². The quantitative estimate of drug-likeness (QED) is 0.696. The van der Waals surface area contributed by atoms with E-state index in [1.807, 2.05) is 6.07 Å². The van der Waals surface area contributed by atoms with Crippen molar-refractivity contribution in [1.82, 2.24) is 5.32 Å². The first kappa shape index (κ1) is 16.2. The molecule has 1 rings (SSSR count). The summed E-state index contributed by atoms with van der Waals surface area (Å²) < 4.78 is 11.2. The molecule has 0 heterocycles. The Balaban J connectivity index is 2.39. The van der Waals surface area contributed by atoms with Gasteiger partial charge in [0.15, 0.2) is 0 Å². The normalized spacial score (nSPS) is 13.5. The van der Waals surface area contributed by atoms with Gasteiger partial charge in [-0.25, -0.2) is 0 Å². The first-order valence-corrected chi connectivity index (χ1v) is 7.00. The fourth-order valence-corrected chi connectivity index (χ4v) is 1.83. The molecule has 3 nitrogen and oxygen atoms in total. The number of hydrogen-bond donors (Lipinski definition) is 1. The molecule has 0 spiro atoms. The standard InChI is InChI=1S/C16H27NO2/c1-5-17-15(14-9-7-6-8-10-14)13-19-12-11-16(2,3)18-4/h6-10,15,17H,5,11-13H2,1-4H3. The summed E-state index contributed by atoms with van der Waals surface area (Å²) in [5.41, 5.74) is 1.16. The Morgan fingerprint density at radius 3 is 2.47 bits per heavy atom. The van der Waals surface area contributed by atoms with E-state index >= 15 is 0 Å². The Kier molecular flexibility index (Phi) is 7.06. The average Bonchev–Trinajstić information content (AvgIpc) is 2.43. The largest absolute Gasteiger partial charge is 0.379 e. The fraction of sp³-hybridized carbons (Fsp3) is 0.625. The first-order chi connectivity index (χ1) is 9.09. The van der Waals surface area contributed by atoms with Crippen LogP contribution in [0.15, 0.2) is 30.3 Å². The minimum absolute atomic E-state index is 0.111. The van der Waals surface area contributed by atoms with Gasteiger partial charge in [-0.3, -0.25) is 0 Å². The van der Waals surface area contributed by atoms with E-state index in [-0.39, 0.29) is 11.6 Å². The number of benzene rings is 1. The van der Waals surface area contributed by atoms with E-state index in [0.717, 1.165) is 19.6 Å². The van der Waals surface area contributed by atoms with Gasteiger partial charge >= 0.3 is 0 Å². The van der Waals surface area contributed by atoms with Crippen molar-refractivity contribution >= 4 is 0 Å². The maximum Gasteiger partial charge on any atom is 0.0661 e. The summed E-state index contributed by atoms with van der Waals surface area (Å²) >= 11 is 0. The van der Waals surface area contributed by atoms with Crippen LogP contribution >= 0.6 is 0 Å². The molecular weight excluding hydrogens is 238 g/mol. The van der Waals surface area contributed by atoms with E-state index in [1.54, 1.807) is 7.11 Å². The molecule has 1 aromatic carbocycles. The van der Waals surface area contributed by atoms with Gasteiger partial charge in [0.1, 0.15) is 0 Å². The summed E-state index contributed by atoms with van der Waals surface area (Å²) in [6, 6.07) is 10.7. The Bertz CT molecular complexity index is 338. The molecule has 1 N–H and O–H groups in total. The van der Waals surface area contributed by atoms with Gasteiger partial charge < -0.3 is 14.8 Å². The predicted octanol–water partition coefficient (Wildman–Crippen LogP) is 3.17. The second kappa shape index (κ2) is 8.31. The molecular formula is C16H27NO2. The molecule has 0 fully saturated rings. The van der Waals surface area contributed by atoms with Crippen LogP contribution in [-0.2, 0) is 9.47 Å². The fourth-order valence-electron chi connectivity index (χ4n) is 1.83. The molecule has 3 heteroatoms. The van der Waals surface area contributed by atoms with Crippen LogP contribution in [-0.4, -0.2) is 32.5 Å². The summed E-state index contributed by atoms with van der Waals surface area (Å²) in [4.78, 5) is 0. The van der Waals surface area contributed by atoms with Crippen molar-refractivity contribution in [2.45, 2.75) is 38.8 Å². The molecule has 0 amide bonds. The minimum Gasteiger partial charge on any atom is -0.379 e.